The molecule has 0 aliphatic carbocycles. The molecule has 0 bridgehead atoms. The van der Waals surface area contributed by atoms with Gasteiger partial charge in [-0.3, -0.25) is 0 Å². The first kappa shape index (κ1) is 18.1. The molecule has 6 N–H and O–H groups in total. The van der Waals surface area contributed by atoms with Crippen LogP contribution in [0.2, 0.25) is 0 Å². The highest BCUT2D eigenvalue weighted by Gasteiger charge is 2.00. The van der Waals surface area contributed by atoms with Gasteiger partial charge >= 0.3 is 0 Å². The van der Waals surface area contributed by atoms with Crippen LogP contribution in [0, 0.1) is 5.92 Å². The summed E-state index contributed by atoms with van der Waals surface area (Å²) < 4.78 is 0. The molecule has 6 nitrogen and oxygen atoms in total. The Hall–Kier alpha value is -0.240. The molecule has 0 saturated carbocycles. The lowest BCUT2D eigenvalue weighted by Crippen LogP contribution is -2.14. The molecule has 0 spiro atoms. The van der Waals surface area contributed by atoms with E-state index in [1.54, 1.807) is 0 Å². The van der Waals surface area contributed by atoms with Gasteiger partial charge in [-0.1, -0.05) is 0 Å². The first-order valence-electron chi connectivity index (χ1n) is 5.38. The molecule has 0 aliphatic heterocycles. The molecule has 6 heteroatoms. The molecule has 0 fully saturated rings. The van der Waals surface area contributed by atoms with E-state index in [2.05, 4.69) is 0 Å². The van der Waals surface area contributed by atoms with E-state index >= 15 is 0 Å². The van der Waals surface area contributed by atoms with Gasteiger partial charge in [-0.2, -0.15) is 0 Å². The van der Waals surface area contributed by atoms with Crippen molar-refractivity contribution in [3.05, 3.63) is 0 Å². The summed E-state index contributed by atoms with van der Waals surface area (Å²) in [5.41, 5.74) is 0. The minimum Gasteiger partial charge on any atom is -0.396 e. The van der Waals surface area contributed by atoms with Crippen LogP contribution in [0.15, 0.2) is 0 Å². The standard InChI is InChI=1S/C6H14O3.C4H10O3/c7-4-2-1-3-6(9)5-8;5-1-4(2-6)3-7/h6-9H,1-5H2;4-7H,1-3H2. The molecule has 0 saturated heterocycles. The van der Waals surface area contributed by atoms with Crippen molar-refractivity contribution in [2.45, 2.75) is 25.4 Å². The van der Waals surface area contributed by atoms with Crippen molar-refractivity contribution in [3.63, 3.8) is 0 Å². The molecule has 0 rings (SSSR count). The third-order valence-electron chi connectivity index (χ3n) is 1.93. The summed E-state index contributed by atoms with van der Waals surface area (Å²) in [5.74, 6) is -0.347. The van der Waals surface area contributed by atoms with Crippen LogP contribution in [0.4, 0.5) is 0 Å². The molecule has 0 aromatic carbocycles. The second-order valence-electron chi connectivity index (χ2n) is 3.47. The van der Waals surface area contributed by atoms with Crippen LogP contribution in [-0.4, -0.2) is 69.8 Å². The third-order valence-corrected chi connectivity index (χ3v) is 1.93. The maximum atomic E-state index is 8.75. The summed E-state index contributed by atoms with van der Waals surface area (Å²) in [6.45, 7) is -0.448. The summed E-state index contributed by atoms with van der Waals surface area (Å²) in [6.07, 6.45) is 1.46. The average Bonchev–Trinajstić information content (AvgIpc) is 2.32. The Balaban J connectivity index is 0. The van der Waals surface area contributed by atoms with Gasteiger partial charge in [0.2, 0.25) is 0 Å². The van der Waals surface area contributed by atoms with Crippen molar-refractivity contribution >= 4 is 0 Å². The predicted molar refractivity (Wildman–Crippen MR) is 58.8 cm³/mol. The van der Waals surface area contributed by atoms with E-state index in [4.69, 9.17) is 30.6 Å². The molecular formula is C10H24O6. The van der Waals surface area contributed by atoms with Gasteiger partial charge in [0.15, 0.2) is 0 Å². The average molecular weight is 240 g/mol. The Labute approximate surface area is 95.8 Å². The first-order valence-corrected chi connectivity index (χ1v) is 5.38. The minimum absolute atomic E-state index is 0.146. The summed E-state index contributed by atoms with van der Waals surface area (Å²) in [4.78, 5) is 0. The Morgan fingerprint density at radius 3 is 1.44 bits per heavy atom. The molecule has 0 heterocycles. The topological polar surface area (TPSA) is 121 Å². The molecule has 100 valence electrons. The SMILES string of the molecule is OCC(CO)CO.OCCCCC(O)CO. The van der Waals surface area contributed by atoms with E-state index in [-0.39, 0.29) is 39.0 Å². The van der Waals surface area contributed by atoms with E-state index in [1.165, 1.54) is 0 Å². The van der Waals surface area contributed by atoms with Crippen LogP contribution in [0.25, 0.3) is 0 Å². The summed E-state index contributed by atoms with van der Waals surface area (Å²) in [5, 5.41) is 50.0. The fourth-order valence-electron chi connectivity index (χ4n) is 0.756. The lowest BCUT2D eigenvalue weighted by molar-refractivity contribution is 0.0848. The summed E-state index contributed by atoms with van der Waals surface area (Å²) >= 11 is 0. The molecule has 0 aromatic heterocycles. The summed E-state index contributed by atoms with van der Waals surface area (Å²) in [7, 11) is 0. The predicted octanol–water partition coefficient (Wildman–Crippen LogP) is -1.92. The van der Waals surface area contributed by atoms with Gasteiger partial charge in [0.25, 0.3) is 0 Å². The van der Waals surface area contributed by atoms with Crippen LogP contribution in [-0.2, 0) is 0 Å². The van der Waals surface area contributed by atoms with Gasteiger partial charge in [0.1, 0.15) is 0 Å². The van der Waals surface area contributed by atoms with Crippen LogP contribution in [0.5, 0.6) is 0 Å². The first-order chi connectivity index (χ1) is 7.65. The largest absolute Gasteiger partial charge is 0.396 e. The molecule has 0 amide bonds. The number of aliphatic hydroxyl groups excluding tert-OH is 6. The quantitative estimate of drug-likeness (QED) is 0.275. The molecule has 1 unspecified atom stereocenters. The van der Waals surface area contributed by atoms with E-state index in [1.807, 2.05) is 0 Å². The van der Waals surface area contributed by atoms with Crippen molar-refractivity contribution in [3.8, 4) is 0 Å². The van der Waals surface area contributed by atoms with E-state index in [0.717, 1.165) is 6.42 Å². The third kappa shape index (κ3) is 13.8. The molecular weight excluding hydrogens is 216 g/mol. The van der Waals surface area contributed by atoms with E-state index in [0.29, 0.717) is 12.8 Å². The Morgan fingerprint density at radius 2 is 1.19 bits per heavy atom. The van der Waals surface area contributed by atoms with Crippen molar-refractivity contribution in [2.24, 2.45) is 5.92 Å². The zero-order chi connectivity index (χ0) is 12.8. The Kier molecular flexibility index (Phi) is 16.7. The maximum Gasteiger partial charge on any atom is 0.0771 e. The second kappa shape index (κ2) is 14.8. The highest BCUT2D eigenvalue weighted by molar-refractivity contribution is 4.51. The summed E-state index contributed by atoms with van der Waals surface area (Å²) in [6, 6.07) is 0. The van der Waals surface area contributed by atoms with Gasteiger partial charge in [0, 0.05) is 12.5 Å². The van der Waals surface area contributed by atoms with Gasteiger partial charge in [-0.05, 0) is 19.3 Å². The monoisotopic (exact) mass is 240 g/mol. The van der Waals surface area contributed by atoms with E-state index < -0.39 is 6.10 Å². The molecule has 1 atom stereocenters. The number of aliphatic hydroxyl groups is 6. The molecule has 0 radical (unpaired) electrons. The number of unbranched alkanes of at least 4 members (excludes halogenated alkanes) is 1. The molecule has 0 aromatic rings. The van der Waals surface area contributed by atoms with Crippen molar-refractivity contribution in [1.82, 2.24) is 0 Å². The van der Waals surface area contributed by atoms with Crippen molar-refractivity contribution < 1.29 is 30.6 Å². The van der Waals surface area contributed by atoms with Gasteiger partial charge in [0.05, 0.1) is 32.5 Å². The van der Waals surface area contributed by atoms with Gasteiger partial charge in [-0.15, -0.1) is 0 Å². The van der Waals surface area contributed by atoms with Crippen LogP contribution < -0.4 is 0 Å². The number of hydrogen-bond acceptors (Lipinski definition) is 6. The fraction of sp³-hybridized carbons (Fsp3) is 1.00. The minimum atomic E-state index is -0.600. The van der Waals surface area contributed by atoms with E-state index in [9.17, 15) is 0 Å². The zero-order valence-electron chi connectivity index (χ0n) is 9.49. The number of hydrogen-bond donors (Lipinski definition) is 6. The molecule has 16 heavy (non-hydrogen) atoms. The highest BCUT2D eigenvalue weighted by atomic mass is 16.3. The smallest absolute Gasteiger partial charge is 0.0771 e. The molecule has 0 aliphatic rings. The Bertz CT molecular complexity index is 112. The van der Waals surface area contributed by atoms with Gasteiger partial charge in [-0.25, -0.2) is 0 Å². The highest BCUT2D eigenvalue weighted by Crippen LogP contribution is 1.98. The fourth-order valence-corrected chi connectivity index (χ4v) is 0.756. The Morgan fingerprint density at radius 1 is 0.688 bits per heavy atom. The van der Waals surface area contributed by atoms with Crippen LogP contribution in [0.3, 0.4) is 0 Å². The van der Waals surface area contributed by atoms with Crippen LogP contribution in [0.1, 0.15) is 19.3 Å². The van der Waals surface area contributed by atoms with Crippen molar-refractivity contribution in [1.29, 1.82) is 0 Å². The van der Waals surface area contributed by atoms with Gasteiger partial charge < -0.3 is 30.6 Å². The zero-order valence-corrected chi connectivity index (χ0v) is 9.49. The lowest BCUT2D eigenvalue weighted by atomic mass is 10.2. The normalized spacial score (nSPS) is 12.2. The lowest BCUT2D eigenvalue weighted by Gasteiger charge is -2.03. The van der Waals surface area contributed by atoms with Crippen LogP contribution >= 0.6 is 0 Å². The van der Waals surface area contributed by atoms with Crippen molar-refractivity contribution in [2.75, 3.05) is 33.0 Å². The number of rotatable bonds is 8. The second-order valence-corrected chi connectivity index (χ2v) is 3.47. The maximum absolute atomic E-state index is 8.75.